The summed E-state index contributed by atoms with van der Waals surface area (Å²) in [5.74, 6) is 0.587. The summed E-state index contributed by atoms with van der Waals surface area (Å²) in [5.41, 5.74) is 3.29. The van der Waals surface area contributed by atoms with E-state index >= 15 is 0 Å². The van der Waals surface area contributed by atoms with Crippen molar-refractivity contribution >= 4 is 14.0 Å². The van der Waals surface area contributed by atoms with Crippen LogP contribution in [0, 0.1) is 28.6 Å². The highest BCUT2D eigenvalue weighted by Crippen LogP contribution is 2.54. The van der Waals surface area contributed by atoms with Gasteiger partial charge in [0.05, 0.1) is 24.4 Å². The van der Waals surface area contributed by atoms with E-state index in [0.29, 0.717) is 31.7 Å². The first-order valence-corrected chi connectivity index (χ1v) is 20.6. The normalized spacial score (nSPS) is 29.0. The summed E-state index contributed by atoms with van der Waals surface area (Å²) in [4.78, 5) is 18.2. The number of methoxy groups -OCH3 is 2. The zero-order valence-corrected chi connectivity index (χ0v) is 30.0. The van der Waals surface area contributed by atoms with Crippen molar-refractivity contribution in [2.75, 3.05) is 34.0 Å². The van der Waals surface area contributed by atoms with Gasteiger partial charge in [0.25, 0.3) is 5.91 Å². The fourth-order valence-corrected chi connectivity index (χ4v) is 8.54. The number of nitriles is 1. The second kappa shape index (κ2) is 13.9. The second-order valence-corrected chi connectivity index (χ2v) is 21.7. The Labute approximate surface area is 276 Å². The van der Waals surface area contributed by atoms with Crippen molar-refractivity contribution in [1.82, 2.24) is 14.9 Å². The van der Waals surface area contributed by atoms with E-state index in [1.54, 1.807) is 25.0 Å². The van der Waals surface area contributed by atoms with Gasteiger partial charge in [-0.15, -0.1) is 0 Å². The number of aromatic nitrogens is 2. The minimum atomic E-state index is -1.26. The summed E-state index contributed by atoms with van der Waals surface area (Å²) >= 11 is 0. The predicted octanol–water partition coefficient (Wildman–Crippen LogP) is 6.75. The van der Waals surface area contributed by atoms with Crippen LogP contribution in [0.2, 0.25) is 25.7 Å². The molecular weight excluding hydrogens is 597 g/mol. The van der Waals surface area contributed by atoms with Crippen LogP contribution in [0.3, 0.4) is 0 Å². The Morgan fingerprint density at radius 2 is 1.85 bits per heavy atom. The van der Waals surface area contributed by atoms with Crippen molar-refractivity contribution in [1.29, 1.82) is 5.26 Å². The number of ether oxygens (including phenoxy) is 4. The Bertz CT molecular complexity index is 1390. The molecular formula is C36H54N4O5Si. The average molecular weight is 651 g/mol. The van der Waals surface area contributed by atoms with Crippen LogP contribution in [0.25, 0.3) is 0 Å². The number of carbonyl (C=O) groups is 1. The molecule has 2 aliphatic heterocycles. The van der Waals surface area contributed by atoms with Crippen LogP contribution in [-0.2, 0) is 25.7 Å². The van der Waals surface area contributed by atoms with Crippen molar-refractivity contribution in [3.05, 3.63) is 52.8 Å². The van der Waals surface area contributed by atoms with Gasteiger partial charge in [-0.1, -0.05) is 45.6 Å². The van der Waals surface area contributed by atoms with Crippen LogP contribution in [0.5, 0.6) is 0 Å². The van der Waals surface area contributed by atoms with Gasteiger partial charge in [-0.25, -0.2) is 4.98 Å². The molecule has 2 bridgehead atoms. The van der Waals surface area contributed by atoms with Crippen molar-refractivity contribution in [3.8, 4) is 6.07 Å². The molecule has 4 aliphatic rings. The Morgan fingerprint density at radius 1 is 1.15 bits per heavy atom. The van der Waals surface area contributed by atoms with E-state index in [2.05, 4.69) is 68.1 Å². The third-order valence-electron chi connectivity index (χ3n) is 10.4. The molecule has 1 aromatic rings. The van der Waals surface area contributed by atoms with Gasteiger partial charge in [0.15, 0.2) is 5.69 Å². The third-order valence-corrected chi connectivity index (χ3v) is 12.1. The summed E-state index contributed by atoms with van der Waals surface area (Å²) in [6, 6.07) is 3.11. The minimum absolute atomic E-state index is 0.183. The summed E-state index contributed by atoms with van der Waals surface area (Å²) < 4.78 is 25.7. The zero-order valence-electron chi connectivity index (χ0n) is 29.0. The van der Waals surface area contributed by atoms with Gasteiger partial charge < -0.3 is 28.8 Å². The molecule has 4 atom stereocenters. The number of hydrogen-bond donors (Lipinski definition) is 1. The Balaban J connectivity index is 1.39. The number of carbonyl (C=O) groups excluding carboxylic acids is 1. The van der Waals surface area contributed by atoms with E-state index in [1.807, 2.05) is 0 Å². The highest BCUT2D eigenvalue weighted by molar-refractivity contribution is 6.76. The van der Waals surface area contributed by atoms with Crippen LogP contribution < -0.4 is 5.32 Å². The Hall–Kier alpha value is -2.55. The van der Waals surface area contributed by atoms with E-state index in [-0.39, 0.29) is 40.8 Å². The number of hydrogen-bond acceptors (Lipinski definition) is 7. The quantitative estimate of drug-likeness (QED) is 0.186. The van der Waals surface area contributed by atoms with Gasteiger partial charge in [-0.3, -0.25) is 4.79 Å². The van der Waals surface area contributed by atoms with Crippen LogP contribution in [0.4, 0.5) is 0 Å². The molecule has 10 heteroatoms. The molecule has 1 N–H and O–H groups in total. The lowest BCUT2D eigenvalue weighted by atomic mass is 9.70. The highest BCUT2D eigenvalue weighted by atomic mass is 28.3. The molecule has 0 saturated carbocycles. The number of rotatable bonds is 13. The summed E-state index contributed by atoms with van der Waals surface area (Å²) in [7, 11) is 2.26. The summed E-state index contributed by atoms with van der Waals surface area (Å²) in [6.07, 6.45) is 16.2. The largest absolute Gasteiger partial charge is 0.382 e. The summed E-state index contributed by atoms with van der Waals surface area (Å²) in [6.45, 7) is 13.5. The van der Waals surface area contributed by atoms with Crippen molar-refractivity contribution < 1.29 is 23.7 Å². The van der Waals surface area contributed by atoms with Crippen molar-refractivity contribution in [2.45, 2.75) is 109 Å². The first kappa shape index (κ1) is 34.8. The van der Waals surface area contributed by atoms with E-state index in [1.165, 1.54) is 11.1 Å². The van der Waals surface area contributed by atoms with E-state index in [0.717, 1.165) is 63.1 Å². The maximum Gasteiger partial charge on any atom is 0.291 e. The number of fused-ring (bicyclic) bond motifs is 2. The van der Waals surface area contributed by atoms with Crippen LogP contribution in [-0.4, -0.2) is 68.8 Å². The Kier molecular flexibility index (Phi) is 10.5. The molecule has 2 aliphatic carbocycles. The van der Waals surface area contributed by atoms with Gasteiger partial charge in [-0.05, 0) is 91.9 Å². The lowest BCUT2D eigenvalue weighted by molar-refractivity contribution is -0.196. The van der Waals surface area contributed by atoms with Gasteiger partial charge in [0.2, 0.25) is 5.82 Å². The van der Waals surface area contributed by atoms with Crippen LogP contribution >= 0.6 is 0 Å². The number of amides is 1. The standard InChI is InChI=1S/C36H54N4O5Si/c1-34(2)12-10-26(11-13-34)30-18-27(28-19-35(23-42-3)14-15-36(20-28,45-35)24-43-4)8-9-31(30)39-33(41)32-38-29(21-37)22-40(32)25-44-16-17-46(5,6)7/h8-10,22,27-28H,11-20,23-25H2,1-7H3,(H,39,41)/t27?,28-,35+,36-. The molecule has 1 unspecified atom stereocenters. The van der Waals surface area contributed by atoms with Gasteiger partial charge in [0, 0.05) is 40.8 Å². The van der Waals surface area contributed by atoms with E-state index in [9.17, 15) is 10.1 Å². The first-order chi connectivity index (χ1) is 21.8. The molecule has 1 aromatic heterocycles. The molecule has 2 saturated heterocycles. The number of nitrogens with one attached hydrogen (secondary N) is 1. The monoisotopic (exact) mass is 650 g/mol. The second-order valence-electron chi connectivity index (χ2n) is 16.1. The third kappa shape index (κ3) is 8.11. The smallest absolute Gasteiger partial charge is 0.291 e. The molecule has 9 nitrogen and oxygen atoms in total. The first-order valence-electron chi connectivity index (χ1n) is 16.9. The molecule has 0 radical (unpaired) electrons. The van der Waals surface area contributed by atoms with Crippen LogP contribution in [0.1, 0.15) is 81.5 Å². The van der Waals surface area contributed by atoms with E-state index in [4.69, 9.17) is 18.9 Å². The fourth-order valence-electron chi connectivity index (χ4n) is 7.78. The molecule has 46 heavy (non-hydrogen) atoms. The number of allylic oxidation sites excluding steroid dienone is 5. The van der Waals surface area contributed by atoms with Gasteiger partial charge in [-0.2, -0.15) is 5.26 Å². The number of nitrogens with zero attached hydrogens (tertiary/aromatic N) is 3. The fraction of sp³-hybridized carbons (Fsp3) is 0.694. The molecule has 0 spiro atoms. The maximum absolute atomic E-state index is 13.8. The molecule has 3 heterocycles. The van der Waals surface area contributed by atoms with Crippen molar-refractivity contribution in [3.63, 3.8) is 0 Å². The van der Waals surface area contributed by atoms with Crippen molar-refractivity contribution in [2.24, 2.45) is 17.3 Å². The lowest BCUT2D eigenvalue weighted by Crippen LogP contribution is -2.50. The minimum Gasteiger partial charge on any atom is -0.382 e. The SMILES string of the molecule is COC[C@@]12CC[C@@](COC)(C[C@@H](C3C=CC(NC(=O)c4nc(C#N)cn4COCC[Si](C)(C)C)=C(C4=CCC(C)(C)CC4)C3)C1)O2. The Morgan fingerprint density at radius 3 is 2.43 bits per heavy atom. The maximum atomic E-state index is 13.8. The zero-order chi connectivity index (χ0) is 33.2. The molecule has 5 rings (SSSR count). The topological polar surface area (TPSA) is 108 Å². The summed E-state index contributed by atoms with van der Waals surface area (Å²) in [5, 5.41) is 12.8. The lowest BCUT2D eigenvalue weighted by Gasteiger charge is -2.46. The molecule has 0 aromatic carbocycles. The molecule has 2 fully saturated rings. The van der Waals surface area contributed by atoms with E-state index < -0.39 is 8.07 Å². The molecule has 252 valence electrons. The van der Waals surface area contributed by atoms with Gasteiger partial charge in [0.1, 0.15) is 12.8 Å². The molecule has 1 amide bonds. The average Bonchev–Trinajstić information content (AvgIpc) is 3.53. The van der Waals surface area contributed by atoms with Crippen LogP contribution in [0.15, 0.2) is 41.3 Å². The highest BCUT2D eigenvalue weighted by Gasteiger charge is 2.56. The van der Waals surface area contributed by atoms with Gasteiger partial charge >= 0.3 is 0 Å². The predicted molar refractivity (Wildman–Crippen MR) is 181 cm³/mol. The number of imidazole rings is 1.